The summed E-state index contributed by atoms with van der Waals surface area (Å²) in [4.78, 5) is 27.6. The van der Waals surface area contributed by atoms with Crippen molar-refractivity contribution in [2.24, 2.45) is 11.0 Å². The molecule has 1 atom stereocenters. The first-order valence-corrected chi connectivity index (χ1v) is 5.17. The molecule has 1 aliphatic rings. The van der Waals surface area contributed by atoms with Crippen molar-refractivity contribution in [2.75, 3.05) is 12.1 Å². The maximum absolute atomic E-state index is 12.0. The van der Waals surface area contributed by atoms with E-state index >= 15 is 0 Å². The summed E-state index contributed by atoms with van der Waals surface area (Å²) in [6.45, 7) is 1.65. The van der Waals surface area contributed by atoms with Crippen LogP contribution in [0.2, 0.25) is 0 Å². The van der Waals surface area contributed by atoms with E-state index in [-0.39, 0.29) is 11.8 Å². The van der Waals surface area contributed by atoms with Crippen LogP contribution in [0.4, 0.5) is 5.82 Å². The number of hydrogen-bond donors (Lipinski definition) is 1. The molecular weight excluding hydrogens is 220 g/mol. The van der Waals surface area contributed by atoms with Crippen molar-refractivity contribution in [2.45, 2.75) is 6.92 Å². The number of nitrogens with zero attached hydrogens (tertiary/aromatic N) is 3. The van der Waals surface area contributed by atoms with Crippen LogP contribution < -0.4 is 10.3 Å². The van der Waals surface area contributed by atoms with Gasteiger partial charge in [-0.05, 0) is 19.1 Å². The van der Waals surface area contributed by atoms with Gasteiger partial charge in [-0.25, -0.2) is 4.98 Å². The predicted molar refractivity (Wildman–Crippen MR) is 62.4 cm³/mol. The highest BCUT2D eigenvalue weighted by Crippen LogP contribution is 2.21. The highest BCUT2D eigenvalue weighted by Gasteiger charge is 2.39. The second-order valence-electron chi connectivity index (χ2n) is 3.63. The van der Waals surface area contributed by atoms with Crippen LogP contribution in [-0.4, -0.2) is 29.6 Å². The van der Waals surface area contributed by atoms with Gasteiger partial charge < -0.3 is 5.32 Å². The lowest BCUT2D eigenvalue weighted by Gasteiger charge is -2.12. The fourth-order valence-electron chi connectivity index (χ4n) is 1.66. The first-order valence-electron chi connectivity index (χ1n) is 5.17. The molecule has 0 aromatic carbocycles. The first kappa shape index (κ1) is 11.3. The van der Waals surface area contributed by atoms with Crippen LogP contribution in [-0.2, 0) is 9.59 Å². The van der Waals surface area contributed by atoms with Gasteiger partial charge in [0.05, 0.1) is 5.71 Å². The topological polar surface area (TPSA) is 74.7 Å². The van der Waals surface area contributed by atoms with E-state index < -0.39 is 5.92 Å². The Morgan fingerprint density at radius 1 is 1.47 bits per heavy atom. The molecule has 0 radical (unpaired) electrons. The maximum Gasteiger partial charge on any atom is 0.267 e. The molecule has 1 aromatic rings. The number of hydrogen-bond acceptors (Lipinski definition) is 4. The van der Waals surface area contributed by atoms with Crippen molar-refractivity contribution in [1.82, 2.24) is 10.3 Å². The number of carbonyl (C=O) groups is 2. The number of nitrogens with one attached hydrogen (secondary N) is 1. The molecule has 1 aliphatic heterocycles. The highest BCUT2D eigenvalue weighted by molar-refractivity contribution is 6.26. The van der Waals surface area contributed by atoms with Crippen molar-refractivity contribution in [3.63, 3.8) is 0 Å². The summed E-state index contributed by atoms with van der Waals surface area (Å²) in [6, 6.07) is 5.17. The summed E-state index contributed by atoms with van der Waals surface area (Å²) in [7, 11) is 1.49. The summed E-state index contributed by atoms with van der Waals surface area (Å²) in [5.74, 6) is -1.15. The molecule has 1 aromatic heterocycles. The van der Waals surface area contributed by atoms with Crippen LogP contribution in [0.25, 0.3) is 0 Å². The van der Waals surface area contributed by atoms with Gasteiger partial charge in [-0.2, -0.15) is 10.1 Å². The van der Waals surface area contributed by atoms with Crippen LogP contribution in [0.5, 0.6) is 0 Å². The number of aromatic nitrogens is 1. The molecule has 88 valence electrons. The number of pyridine rings is 1. The first-order chi connectivity index (χ1) is 8.15. The van der Waals surface area contributed by atoms with E-state index in [0.717, 1.165) is 5.01 Å². The standard InChI is InChI=1S/C11H12N4O2/c1-7-9(10(16)12-2)11(17)15(14-7)8-5-3-4-6-13-8/h3-6,9H,1-2H3,(H,12,16). The van der Waals surface area contributed by atoms with Gasteiger partial charge in [0.1, 0.15) is 0 Å². The Morgan fingerprint density at radius 3 is 2.82 bits per heavy atom. The molecule has 6 heteroatoms. The van der Waals surface area contributed by atoms with E-state index in [1.54, 1.807) is 31.3 Å². The minimum absolute atomic E-state index is 0.352. The van der Waals surface area contributed by atoms with Crippen LogP contribution in [0.15, 0.2) is 29.5 Å². The van der Waals surface area contributed by atoms with Gasteiger partial charge in [0.2, 0.25) is 5.91 Å². The van der Waals surface area contributed by atoms with Gasteiger partial charge in [0.25, 0.3) is 5.91 Å². The van der Waals surface area contributed by atoms with Crippen LogP contribution in [0, 0.1) is 5.92 Å². The molecular formula is C11H12N4O2. The monoisotopic (exact) mass is 232 g/mol. The number of rotatable bonds is 2. The summed E-state index contributed by atoms with van der Waals surface area (Å²) in [5, 5.41) is 7.68. The summed E-state index contributed by atoms with van der Waals surface area (Å²) in [6.07, 6.45) is 1.57. The molecule has 2 amide bonds. The SMILES string of the molecule is CNC(=O)C1C(=O)N(c2ccccn2)N=C1C. The number of amides is 2. The molecule has 17 heavy (non-hydrogen) atoms. The largest absolute Gasteiger partial charge is 0.358 e. The quantitative estimate of drug-likeness (QED) is 0.738. The van der Waals surface area contributed by atoms with Gasteiger partial charge in [-0.3, -0.25) is 9.59 Å². The Bertz CT molecular complexity index is 484. The van der Waals surface area contributed by atoms with Gasteiger partial charge in [0.15, 0.2) is 11.7 Å². The number of hydrazone groups is 1. The average molecular weight is 232 g/mol. The van der Waals surface area contributed by atoms with Crippen LogP contribution in [0.3, 0.4) is 0 Å². The summed E-state index contributed by atoms with van der Waals surface area (Å²) in [5.41, 5.74) is 0.472. The van der Waals surface area contributed by atoms with Gasteiger partial charge in [0, 0.05) is 13.2 Å². The molecule has 1 N–H and O–H groups in total. The van der Waals surface area contributed by atoms with Gasteiger partial charge >= 0.3 is 0 Å². The second-order valence-corrected chi connectivity index (χ2v) is 3.63. The predicted octanol–water partition coefficient (Wildman–Crippen LogP) is 0.166. The zero-order valence-electron chi connectivity index (χ0n) is 9.54. The molecule has 0 bridgehead atoms. The lowest BCUT2D eigenvalue weighted by atomic mass is 10.0. The Kier molecular flexibility index (Phi) is 2.86. The minimum atomic E-state index is -0.845. The zero-order valence-corrected chi connectivity index (χ0v) is 9.54. The molecule has 0 fully saturated rings. The van der Waals surface area contributed by atoms with Crippen molar-refractivity contribution in [3.05, 3.63) is 24.4 Å². The van der Waals surface area contributed by atoms with Crippen molar-refractivity contribution in [3.8, 4) is 0 Å². The smallest absolute Gasteiger partial charge is 0.267 e. The maximum atomic E-state index is 12.0. The molecule has 0 aliphatic carbocycles. The average Bonchev–Trinajstić information content (AvgIpc) is 2.65. The number of anilines is 1. The zero-order chi connectivity index (χ0) is 12.4. The van der Waals surface area contributed by atoms with E-state index in [4.69, 9.17) is 0 Å². The fourth-order valence-corrected chi connectivity index (χ4v) is 1.66. The van der Waals surface area contributed by atoms with E-state index in [9.17, 15) is 9.59 Å². The van der Waals surface area contributed by atoms with E-state index in [0.29, 0.717) is 11.5 Å². The Hall–Kier alpha value is -2.24. The fraction of sp³-hybridized carbons (Fsp3) is 0.273. The normalized spacial score (nSPS) is 19.2. The Balaban J connectivity index is 2.31. The molecule has 0 saturated heterocycles. The third kappa shape index (κ3) is 1.89. The molecule has 2 heterocycles. The van der Waals surface area contributed by atoms with E-state index in [1.807, 2.05) is 0 Å². The molecule has 1 unspecified atom stereocenters. The Labute approximate surface area is 98.3 Å². The van der Waals surface area contributed by atoms with Gasteiger partial charge in [-0.15, -0.1) is 0 Å². The minimum Gasteiger partial charge on any atom is -0.358 e. The lowest BCUT2D eigenvalue weighted by molar-refractivity contribution is -0.130. The molecule has 2 rings (SSSR count). The summed E-state index contributed by atoms with van der Waals surface area (Å²) < 4.78 is 0. The van der Waals surface area contributed by atoms with E-state index in [2.05, 4.69) is 15.4 Å². The molecule has 0 saturated carbocycles. The van der Waals surface area contributed by atoms with Crippen LogP contribution in [0.1, 0.15) is 6.92 Å². The third-order valence-corrected chi connectivity index (χ3v) is 2.51. The molecule has 6 nitrogen and oxygen atoms in total. The van der Waals surface area contributed by atoms with Crippen molar-refractivity contribution >= 4 is 23.3 Å². The van der Waals surface area contributed by atoms with Gasteiger partial charge in [-0.1, -0.05) is 6.07 Å². The highest BCUT2D eigenvalue weighted by atomic mass is 16.2. The number of carbonyl (C=O) groups excluding carboxylic acids is 2. The third-order valence-electron chi connectivity index (χ3n) is 2.51. The second kappa shape index (κ2) is 4.32. The Morgan fingerprint density at radius 2 is 2.24 bits per heavy atom. The van der Waals surface area contributed by atoms with Crippen molar-refractivity contribution in [1.29, 1.82) is 0 Å². The lowest BCUT2D eigenvalue weighted by Crippen LogP contribution is -2.38. The van der Waals surface area contributed by atoms with Crippen molar-refractivity contribution < 1.29 is 9.59 Å². The van der Waals surface area contributed by atoms with Crippen LogP contribution >= 0.6 is 0 Å². The van der Waals surface area contributed by atoms with E-state index in [1.165, 1.54) is 7.05 Å². The summed E-state index contributed by atoms with van der Waals surface area (Å²) >= 11 is 0. The molecule has 0 spiro atoms.